The topological polar surface area (TPSA) is 12.0 Å². The Morgan fingerprint density at radius 3 is 2.67 bits per heavy atom. The lowest BCUT2D eigenvalue weighted by Gasteiger charge is -2.14. The minimum Gasteiger partial charge on any atom is -0.310 e. The summed E-state index contributed by atoms with van der Waals surface area (Å²) in [6.07, 6.45) is 3.57. The van der Waals surface area contributed by atoms with Crippen LogP contribution in [0.15, 0.2) is 36.4 Å². The van der Waals surface area contributed by atoms with E-state index in [0.717, 1.165) is 29.7 Å². The van der Waals surface area contributed by atoms with E-state index < -0.39 is 0 Å². The Morgan fingerprint density at radius 2 is 1.86 bits per heavy atom. The second-order valence-corrected chi connectivity index (χ2v) is 6.17. The number of hydrogen-bond acceptors (Lipinski definition) is 1. The Hall–Kier alpha value is -1.67. The van der Waals surface area contributed by atoms with Crippen LogP contribution in [0.2, 0.25) is 0 Å². The van der Waals surface area contributed by atoms with Crippen LogP contribution in [-0.2, 0) is 19.4 Å². The first-order chi connectivity index (χ1) is 10.1. The van der Waals surface area contributed by atoms with Crippen LogP contribution in [0, 0.1) is 5.82 Å². The smallest absolute Gasteiger partial charge is 0.123 e. The lowest BCUT2D eigenvalue weighted by atomic mass is 9.96. The average Bonchev–Trinajstić information content (AvgIpc) is 2.93. The van der Waals surface area contributed by atoms with Gasteiger partial charge in [-0.15, -0.1) is 0 Å². The molecule has 1 N–H and O–H groups in total. The lowest BCUT2D eigenvalue weighted by molar-refractivity contribution is 0.587. The summed E-state index contributed by atoms with van der Waals surface area (Å²) in [5, 5.41) is 3.42. The fourth-order valence-electron chi connectivity index (χ4n) is 3.03. The Bertz CT molecular complexity index is 646. The van der Waals surface area contributed by atoms with Gasteiger partial charge in [0.25, 0.3) is 0 Å². The molecule has 110 valence electrons. The maximum Gasteiger partial charge on any atom is 0.123 e. The first-order valence-electron chi connectivity index (χ1n) is 7.77. The molecule has 0 amide bonds. The molecule has 0 radical (unpaired) electrons. The van der Waals surface area contributed by atoms with Gasteiger partial charge < -0.3 is 5.32 Å². The SMILES string of the molecule is CC(C)NCc1ccc(F)cc1-c1ccc2c(c1)CCC2. The third kappa shape index (κ3) is 3.16. The molecule has 0 heterocycles. The van der Waals surface area contributed by atoms with Crippen molar-refractivity contribution in [1.29, 1.82) is 0 Å². The molecule has 3 rings (SSSR count). The van der Waals surface area contributed by atoms with Crippen LogP contribution in [-0.4, -0.2) is 6.04 Å². The molecule has 2 aromatic rings. The number of fused-ring (bicyclic) bond motifs is 1. The van der Waals surface area contributed by atoms with Gasteiger partial charge in [0.15, 0.2) is 0 Å². The van der Waals surface area contributed by atoms with E-state index in [1.165, 1.54) is 24.0 Å². The highest BCUT2D eigenvalue weighted by atomic mass is 19.1. The van der Waals surface area contributed by atoms with Gasteiger partial charge in [-0.3, -0.25) is 0 Å². The molecule has 0 bridgehead atoms. The van der Waals surface area contributed by atoms with Crippen LogP contribution in [0.25, 0.3) is 11.1 Å². The van der Waals surface area contributed by atoms with Crippen LogP contribution in [0.4, 0.5) is 4.39 Å². The second-order valence-electron chi connectivity index (χ2n) is 6.17. The highest BCUT2D eigenvalue weighted by Crippen LogP contribution is 2.30. The summed E-state index contributed by atoms with van der Waals surface area (Å²) in [4.78, 5) is 0. The van der Waals surface area contributed by atoms with E-state index in [1.807, 2.05) is 6.07 Å². The standard InChI is InChI=1S/C19H22FN/c1-13(2)21-12-17-8-9-18(20)11-19(17)16-7-6-14-4-3-5-15(14)10-16/h6-11,13,21H,3-5,12H2,1-2H3. The summed E-state index contributed by atoms with van der Waals surface area (Å²) in [6.45, 7) is 5.02. The Morgan fingerprint density at radius 1 is 1.05 bits per heavy atom. The van der Waals surface area contributed by atoms with Crippen molar-refractivity contribution in [1.82, 2.24) is 5.32 Å². The molecule has 1 aliphatic carbocycles. The molecule has 0 fully saturated rings. The van der Waals surface area contributed by atoms with Crippen LogP contribution < -0.4 is 5.32 Å². The fourth-order valence-corrected chi connectivity index (χ4v) is 3.03. The summed E-state index contributed by atoms with van der Waals surface area (Å²) in [6, 6.07) is 12.1. The molecular formula is C19H22FN. The number of nitrogens with one attached hydrogen (secondary N) is 1. The van der Waals surface area contributed by atoms with E-state index in [1.54, 1.807) is 12.1 Å². The maximum atomic E-state index is 13.7. The number of benzene rings is 2. The number of hydrogen-bond donors (Lipinski definition) is 1. The molecule has 21 heavy (non-hydrogen) atoms. The van der Waals surface area contributed by atoms with E-state index in [9.17, 15) is 4.39 Å². The van der Waals surface area contributed by atoms with Crippen LogP contribution >= 0.6 is 0 Å². The largest absolute Gasteiger partial charge is 0.310 e. The third-order valence-electron chi connectivity index (χ3n) is 4.18. The molecule has 0 saturated heterocycles. The van der Waals surface area contributed by atoms with E-state index in [-0.39, 0.29) is 5.82 Å². The average molecular weight is 283 g/mol. The molecule has 0 aliphatic heterocycles. The van der Waals surface area contributed by atoms with Gasteiger partial charge in [0.05, 0.1) is 0 Å². The predicted octanol–water partition coefficient (Wildman–Crippen LogP) is 4.48. The molecule has 0 atom stereocenters. The molecule has 2 aromatic carbocycles. The Labute approximate surface area is 126 Å². The third-order valence-corrected chi connectivity index (χ3v) is 4.18. The van der Waals surface area contributed by atoms with E-state index in [2.05, 4.69) is 37.4 Å². The lowest BCUT2D eigenvalue weighted by Crippen LogP contribution is -2.22. The highest BCUT2D eigenvalue weighted by Gasteiger charge is 2.13. The summed E-state index contributed by atoms with van der Waals surface area (Å²) in [5.41, 5.74) is 6.19. The second kappa shape index (κ2) is 5.98. The van der Waals surface area contributed by atoms with Gasteiger partial charge in [0.2, 0.25) is 0 Å². The van der Waals surface area contributed by atoms with Crippen molar-refractivity contribution in [2.75, 3.05) is 0 Å². The van der Waals surface area contributed by atoms with Crippen LogP contribution in [0.3, 0.4) is 0 Å². The molecule has 0 saturated carbocycles. The van der Waals surface area contributed by atoms with Gasteiger partial charge in [-0.25, -0.2) is 4.39 Å². The van der Waals surface area contributed by atoms with Gasteiger partial charge in [-0.2, -0.15) is 0 Å². The zero-order valence-electron chi connectivity index (χ0n) is 12.7. The quantitative estimate of drug-likeness (QED) is 0.872. The van der Waals surface area contributed by atoms with Crippen molar-refractivity contribution in [2.45, 2.75) is 45.7 Å². The summed E-state index contributed by atoms with van der Waals surface area (Å²) < 4.78 is 13.7. The normalized spacial score (nSPS) is 13.7. The molecule has 1 aliphatic rings. The molecule has 0 spiro atoms. The minimum absolute atomic E-state index is 0.168. The van der Waals surface area contributed by atoms with Crippen molar-refractivity contribution < 1.29 is 4.39 Å². The van der Waals surface area contributed by atoms with Gasteiger partial charge in [-0.05, 0) is 59.2 Å². The Kier molecular flexibility index (Phi) is 4.07. The summed E-state index contributed by atoms with van der Waals surface area (Å²) >= 11 is 0. The van der Waals surface area contributed by atoms with E-state index in [0.29, 0.717) is 6.04 Å². The number of rotatable bonds is 4. The van der Waals surface area contributed by atoms with Crippen LogP contribution in [0.1, 0.15) is 37.0 Å². The minimum atomic E-state index is -0.168. The van der Waals surface area contributed by atoms with Crippen LogP contribution in [0.5, 0.6) is 0 Å². The number of halogens is 1. The van der Waals surface area contributed by atoms with E-state index in [4.69, 9.17) is 0 Å². The van der Waals surface area contributed by atoms with E-state index >= 15 is 0 Å². The van der Waals surface area contributed by atoms with Gasteiger partial charge in [0.1, 0.15) is 5.82 Å². The van der Waals surface area contributed by atoms with Gasteiger partial charge in [-0.1, -0.05) is 38.1 Å². The van der Waals surface area contributed by atoms with Crippen molar-refractivity contribution in [3.05, 3.63) is 58.9 Å². The summed E-state index contributed by atoms with van der Waals surface area (Å²) in [5.74, 6) is -0.168. The summed E-state index contributed by atoms with van der Waals surface area (Å²) in [7, 11) is 0. The molecular weight excluding hydrogens is 261 g/mol. The Balaban J connectivity index is 1.98. The van der Waals surface area contributed by atoms with Crippen molar-refractivity contribution >= 4 is 0 Å². The number of aryl methyl sites for hydroxylation is 2. The molecule has 0 unspecified atom stereocenters. The van der Waals surface area contributed by atoms with Gasteiger partial charge >= 0.3 is 0 Å². The molecule has 1 nitrogen and oxygen atoms in total. The first-order valence-corrected chi connectivity index (χ1v) is 7.77. The van der Waals surface area contributed by atoms with Crippen molar-refractivity contribution in [3.8, 4) is 11.1 Å². The highest BCUT2D eigenvalue weighted by molar-refractivity contribution is 5.69. The maximum absolute atomic E-state index is 13.7. The first kappa shape index (κ1) is 14.3. The zero-order chi connectivity index (χ0) is 14.8. The molecule has 2 heteroatoms. The van der Waals surface area contributed by atoms with Crippen molar-refractivity contribution in [2.24, 2.45) is 0 Å². The predicted molar refractivity (Wildman–Crippen MR) is 85.8 cm³/mol. The molecule has 0 aromatic heterocycles. The monoisotopic (exact) mass is 283 g/mol. The van der Waals surface area contributed by atoms with Gasteiger partial charge in [0, 0.05) is 12.6 Å². The fraction of sp³-hybridized carbons (Fsp3) is 0.368. The zero-order valence-corrected chi connectivity index (χ0v) is 12.7. The van der Waals surface area contributed by atoms with Crippen molar-refractivity contribution in [3.63, 3.8) is 0 Å².